The first-order chi connectivity index (χ1) is 10.5. The first-order valence-corrected chi connectivity index (χ1v) is 7.39. The quantitative estimate of drug-likeness (QED) is 0.715. The molecule has 0 aliphatic rings. The summed E-state index contributed by atoms with van der Waals surface area (Å²) in [6.07, 6.45) is 0.925. The van der Waals surface area contributed by atoms with Crippen molar-refractivity contribution in [3.05, 3.63) is 23.8 Å². The molecular weight excluding hydrogens is 320 g/mol. The number of amides is 1. The third-order valence-electron chi connectivity index (χ3n) is 3.19. The second kappa shape index (κ2) is 11.1. The number of hydrogen-bond acceptors (Lipinski definition) is 5. The van der Waals surface area contributed by atoms with E-state index in [1.807, 2.05) is 32.0 Å². The highest BCUT2D eigenvalue weighted by Gasteiger charge is 2.17. The van der Waals surface area contributed by atoms with Crippen LogP contribution in [-0.2, 0) is 9.53 Å². The predicted octanol–water partition coefficient (Wildman–Crippen LogP) is 2.06. The number of carbonyl (C=O) groups is 1. The molecule has 1 aromatic carbocycles. The normalized spacial score (nSPS) is 12.7. The maximum absolute atomic E-state index is 11.9. The van der Waals surface area contributed by atoms with E-state index >= 15 is 0 Å². The zero-order valence-electron chi connectivity index (χ0n) is 14.1. The second-order valence-electron chi connectivity index (χ2n) is 5.05. The van der Waals surface area contributed by atoms with E-state index in [9.17, 15) is 4.79 Å². The molecule has 0 aromatic heterocycles. The highest BCUT2D eigenvalue weighted by molar-refractivity contribution is 5.85. The van der Waals surface area contributed by atoms with Crippen molar-refractivity contribution in [3.63, 3.8) is 0 Å². The zero-order chi connectivity index (χ0) is 16.5. The molecule has 1 rings (SSSR count). The summed E-state index contributed by atoms with van der Waals surface area (Å²) in [5, 5.41) is 2.85. The molecular formula is C16H27ClN2O4. The molecule has 2 atom stereocenters. The maximum atomic E-state index is 11.9. The number of halogens is 1. The third kappa shape index (κ3) is 6.64. The Bertz CT molecular complexity index is 485. The first kappa shape index (κ1) is 21.5. The lowest BCUT2D eigenvalue weighted by Crippen LogP contribution is -2.44. The van der Waals surface area contributed by atoms with Crippen molar-refractivity contribution in [3.8, 4) is 11.5 Å². The van der Waals surface area contributed by atoms with E-state index in [1.54, 1.807) is 7.11 Å². The molecule has 0 fully saturated rings. The summed E-state index contributed by atoms with van der Waals surface area (Å²) in [6.45, 7) is 4.75. The molecule has 1 aromatic rings. The molecule has 6 nitrogen and oxygen atoms in total. The Balaban J connectivity index is 0.00000484. The molecule has 23 heavy (non-hydrogen) atoms. The summed E-state index contributed by atoms with van der Waals surface area (Å²) in [5.74, 6) is 1.09. The van der Waals surface area contributed by atoms with E-state index in [0.717, 1.165) is 12.0 Å². The molecule has 0 bridgehead atoms. The van der Waals surface area contributed by atoms with E-state index in [2.05, 4.69) is 5.32 Å². The Hall–Kier alpha value is -1.50. The van der Waals surface area contributed by atoms with Crippen molar-refractivity contribution in [2.24, 2.45) is 5.73 Å². The SMILES string of the molecule is CCCOc1ccc(C(C)NC(=O)C(N)COC)cc1OC.Cl. The number of methoxy groups -OCH3 is 2. The van der Waals surface area contributed by atoms with Crippen LogP contribution < -0.4 is 20.5 Å². The van der Waals surface area contributed by atoms with Crippen molar-refractivity contribution in [1.82, 2.24) is 5.32 Å². The van der Waals surface area contributed by atoms with E-state index in [0.29, 0.717) is 18.1 Å². The van der Waals surface area contributed by atoms with E-state index in [4.69, 9.17) is 19.9 Å². The smallest absolute Gasteiger partial charge is 0.239 e. The van der Waals surface area contributed by atoms with Crippen molar-refractivity contribution in [1.29, 1.82) is 0 Å². The van der Waals surface area contributed by atoms with Crippen LogP contribution in [0, 0.1) is 0 Å². The van der Waals surface area contributed by atoms with Gasteiger partial charge in [-0.25, -0.2) is 0 Å². The van der Waals surface area contributed by atoms with E-state index < -0.39 is 6.04 Å². The summed E-state index contributed by atoms with van der Waals surface area (Å²) in [7, 11) is 3.10. The molecule has 2 unspecified atom stereocenters. The van der Waals surface area contributed by atoms with Crippen LogP contribution in [0.4, 0.5) is 0 Å². The number of rotatable bonds is 9. The lowest BCUT2D eigenvalue weighted by Gasteiger charge is -2.19. The van der Waals surface area contributed by atoms with Crippen LogP contribution in [0.1, 0.15) is 31.9 Å². The van der Waals surface area contributed by atoms with Gasteiger partial charge in [-0.15, -0.1) is 12.4 Å². The summed E-state index contributed by atoms with van der Waals surface area (Å²) in [4.78, 5) is 11.9. The van der Waals surface area contributed by atoms with Gasteiger partial charge in [0.1, 0.15) is 6.04 Å². The van der Waals surface area contributed by atoms with Gasteiger partial charge < -0.3 is 25.3 Å². The fourth-order valence-electron chi connectivity index (χ4n) is 1.94. The minimum absolute atomic E-state index is 0. The van der Waals surface area contributed by atoms with Gasteiger partial charge in [-0.05, 0) is 31.0 Å². The number of benzene rings is 1. The Kier molecular flexibility index (Phi) is 10.4. The van der Waals surface area contributed by atoms with Crippen molar-refractivity contribution >= 4 is 18.3 Å². The Morgan fingerprint density at radius 1 is 1.30 bits per heavy atom. The molecule has 0 spiro atoms. The van der Waals surface area contributed by atoms with Crippen molar-refractivity contribution in [2.75, 3.05) is 27.4 Å². The number of carbonyl (C=O) groups excluding carboxylic acids is 1. The van der Waals surface area contributed by atoms with Crippen molar-refractivity contribution in [2.45, 2.75) is 32.4 Å². The molecule has 0 aliphatic carbocycles. The fraction of sp³-hybridized carbons (Fsp3) is 0.562. The number of nitrogens with one attached hydrogen (secondary N) is 1. The van der Waals surface area contributed by atoms with Gasteiger partial charge in [0.05, 0.1) is 26.4 Å². The number of nitrogens with two attached hydrogens (primary N) is 1. The molecule has 0 saturated carbocycles. The van der Waals surface area contributed by atoms with Gasteiger partial charge in [-0.1, -0.05) is 13.0 Å². The van der Waals surface area contributed by atoms with Gasteiger partial charge in [-0.3, -0.25) is 4.79 Å². The van der Waals surface area contributed by atoms with E-state index in [1.165, 1.54) is 7.11 Å². The van der Waals surface area contributed by atoms with Crippen molar-refractivity contribution < 1.29 is 19.0 Å². The molecule has 0 aliphatic heterocycles. The lowest BCUT2D eigenvalue weighted by atomic mass is 10.1. The highest BCUT2D eigenvalue weighted by atomic mass is 35.5. The summed E-state index contributed by atoms with van der Waals surface area (Å²) in [5.41, 5.74) is 6.62. The standard InChI is InChI=1S/C16H26N2O4.ClH/c1-5-8-22-14-7-6-12(9-15(14)21-4)11(2)18-16(19)13(17)10-20-3;/h6-7,9,11,13H,5,8,10,17H2,1-4H3,(H,18,19);1H. The summed E-state index contributed by atoms with van der Waals surface area (Å²) in [6, 6.07) is 4.74. The lowest BCUT2D eigenvalue weighted by molar-refractivity contribution is -0.124. The van der Waals surface area contributed by atoms with Crippen LogP contribution in [0.3, 0.4) is 0 Å². The second-order valence-corrected chi connectivity index (χ2v) is 5.05. The van der Waals surface area contributed by atoms with Crippen LogP contribution in [0.15, 0.2) is 18.2 Å². The molecule has 1 amide bonds. The zero-order valence-corrected chi connectivity index (χ0v) is 14.9. The van der Waals surface area contributed by atoms with Crippen LogP contribution in [0.2, 0.25) is 0 Å². The minimum atomic E-state index is -0.679. The number of ether oxygens (including phenoxy) is 3. The summed E-state index contributed by atoms with van der Waals surface area (Å²) >= 11 is 0. The molecule has 7 heteroatoms. The average molecular weight is 347 g/mol. The molecule has 3 N–H and O–H groups in total. The Labute approximate surface area is 144 Å². The predicted molar refractivity (Wildman–Crippen MR) is 92.4 cm³/mol. The van der Waals surface area contributed by atoms with Gasteiger partial charge in [0.15, 0.2) is 11.5 Å². The van der Waals surface area contributed by atoms with Gasteiger partial charge in [0, 0.05) is 7.11 Å². The number of hydrogen-bond donors (Lipinski definition) is 2. The van der Waals surface area contributed by atoms with Crippen LogP contribution >= 0.6 is 12.4 Å². The Morgan fingerprint density at radius 2 is 2.00 bits per heavy atom. The molecule has 0 saturated heterocycles. The minimum Gasteiger partial charge on any atom is -0.493 e. The van der Waals surface area contributed by atoms with Crippen LogP contribution in [0.5, 0.6) is 11.5 Å². The van der Waals surface area contributed by atoms with Crippen LogP contribution in [-0.4, -0.2) is 39.4 Å². The van der Waals surface area contributed by atoms with Gasteiger partial charge in [0.25, 0.3) is 0 Å². The molecule has 132 valence electrons. The van der Waals surface area contributed by atoms with Crippen LogP contribution in [0.25, 0.3) is 0 Å². The Morgan fingerprint density at radius 3 is 2.57 bits per heavy atom. The van der Waals surface area contributed by atoms with Gasteiger partial charge in [0.2, 0.25) is 5.91 Å². The fourth-order valence-corrected chi connectivity index (χ4v) is 1.94. The third-order valence-corrected chi connectivity index (χ3v) is 3.19. The van der Waals surface area contributed by atoms with Gasteiger partial charge in [-0.2, -0.15) is 0 Å². The molecule has 0 radical (unpaired) electrons. The average Bonchev–Trinajstić information content (AvgIpc) is 2.52. The molecule has 0 heterocycles. The van der Waals surface area contributed by atoms with E-state index in [-0.39, 0.29) is 31.0 Å². The highest BCUT2D eigenvalue weighted by Crippen LogP contribution is 2.30. The maximum Gasteiger partial charge on any atom is 0.239 e. The summed E-state index contributed by atoms with van der Waals surface area (Å²) < 4.78 is 15.8. The topological polar surface area (TPSA) is 82.8 Å². The first-order valence-electron chi connectivity index (χ1n) is 7.39. The largest absolute Gasteiger partial charge is 0.493 e. The monoisotopic (exact) mass is 346 g/mol. The van der Waals surface area contributed by atoms with Gasteiger partial charge >= 0.3 is 0 Å².